The van der Waals surface area contributed by atoms with Crippen LogP contribution in [0.1, 0.15) is 66.2 Å². The average molecular weight is 335 g/mol. The zero-order chi connectivity index (χ0) is 18.1. The maximum atomic E-state index is 11.4. The highest BCUT2D eigenvalue weighted by atomic mass is 16.5. The van der Waals surface area contributed by atoms with Crippen LogP contribution in [-0.2, 0) is 9.53 Å². The number of aliphatic hydroxyl groups is 1. The molecule has 3 heteroatoms. The van der Waals surface area contributed by atoms with Crippen molar-refractivity contribution in [2.24, 2.45) is 22.7 Å². The SMILES string of the molecule is C=C1[C@H](O)C[C@H]2C(C)(C)CCC[C@]2(C)[C@H]1CC/C(C)=C/C(=O)OC. The van der Waals surface area contributed by atoms with Crippen molar-refractivity contribution in [2.75, 3.05) is 7.11 Å². The Balaban J connectivity index is 2.21. The largest absolute Gasteiger partial charge is 0.466 e. The molecule has 0 saturated heterocycles. The van der Waals surface area contributed by atoms with Gasteiger partial charge in [-0.2, -0.15) is 0 Å². The molecular formula is C21H34O3. The van der Waals surface area contributed by atoms with Crippen molar-refractivity contribution in [1.82, 2.24) is 0 Å². The predicted octanol–water partition coefficient (Wildman–Crippen LogP) is 4.66. The number of hydrogen-bond donors (Lipinski definition) is 1. The van der Waals surface area contributed by atoms with E-state index in [0.29, 0.717) is 11.8 Å². The van der Waals surface area contributed by atoms with Gasteiger partial charge in [-0.3, -0.25) is 0 Å². The Hall–Kier alpha value is -1.09. The van der Waals surface area contributed by atoms with E-state index in [1.54, 1.807) is 6.08 Å². The summed E-state index contributed by atoms with van der Waals surface area (Å²) in [6, 6.07) is 0. The first-order valence-corrected chi connectivity index (χ1v) is 9.23. The summed E-state index contributed by atoms with van der Waals surface area (Å²) in [7, 11) is 1.40. The van der Waals surface area contributed by atoms with Crippen molar-refractivity contribution in [2.45, 2.75) is 72.3 Å². The standard InChI is InChI=1S/C21H34O3/c1-14(12-19(23)24-6)8-9-16-15(2)17(22)13-18-20(3,4)10-7-11-21(16,18)5/h12,16-18,22H,2,7-11,13H2,1,3-6H3/b14-12+/t16-,17+,18-,21+/m0/s1. The van der Waals surface area contributed by atoms with E-state index in [2.05, 4.69) is 27.4 Å². The lowest BCUT2D eigenvalue weighted by Gasteiger charge is -2.59. The Morgan fingerprint density at radius 3 is 2.67 bits per heavy atom. The van der Waals surface area contributed by atoms with Gasteiger partial charge in [0.15, 0.2) is 0 Å². The van der Waals surface area contributed by atoms with Crippen LogP contribution in [0.15, 0.2) is 23.8 Å². The molecular weight excluding hydrogens is 300 g/mol. The summed E-state index contributed by atoms with van der Waals surface area (Å²) in [6.45, 7) is 13.3. The van der Waals surface area contributed by atoms with Crippen LogP contribution in [0.2, 0.25) is 0 Å². The summed E-state index contributed by atoms with van der Waals surface area (Å²) in [6.07, 6.45) is 7.50. The van der Waals surface area contributed by atoms with Gasteiger partial charge in [0.05, 0.1) is 13.2 Å². The molecule has 0 heterocycles. The smallest absolute Gasteiger partial charge is 0.330 e. The second-order valence-corrected chi connectivity index (χ2v) is 8.83. The van der Waals surface area contributed by atoms with Crippen molar-refractivity contribution >= 4 is 5.97 Å². The van der Waals surface area contributed by atoms with E-state index < -0.39 is 6.10 Å². The number of fused-ring (bicyclic) bond motifs is 1. The van der Waals surface area contributed by atoms with Crippen LogP contribution in [0.5, 0.6) is 0 Å². The van der Waals surface area contributed by atoms with E-state index in [9.17, 15) is 9.90 Å². The normalized spacial score (nSPS) is 36.2. The van der Waals surface area contributed by atoms with Crippen LogP contribution in [0, 0.1) is 22.7 Å². The van der Waals surface area contributed by atoms with Gasteiger partial charge in [0.1, 0.15) is 0 Å². The van der Waals surface area contributed by atoms with Gasteiger partial charge < -0.3 is 9.84 Å². The molecule has 0 aromatic carbocycles. The van der Waals surface area contributed by atoms with Crippen molar-refractivity contribution < 1.29 is 14.6 Å². The Morgan fingerprint density at radius 2 is 2.04 bits per heavy atom. The Labute approximate surface area is 147 Å². The highest BCUT2D eigenvalue weighted by Crippen LogP contribution is 2.61. The van der Waals surface area contributed by atoms with Crippen molar-refractivity contribution in [3.05, 3.63) is 23.8 Å². The third-order valence-corrected chi connectivity index (χ3v) is 6.80. The zero-order valence-electron chi connectivity index (χ0n) is 16.0. The number of carbonyl (C=O) groups excluding carboxylic acids is 1. The lowest BCUT2D eigenvalue weighted by molar-refractivity contribution is -0.134. The molecule has 2 rings (SSSR count). The molecule has 3 nitrogen and oxygen atoms in total. The lowest BCUT2D eigenvalue weighted by Crippen LogP contribution is -2.52. The number of allylic oxidation sites excluding steroid dienone is 1. The fraction of sp³-hybridized carbons (Fsp3) is 0.762. The van der Waals surface area contributed by atoms with Crippen LogP contribution in [-0.4, -0.2) is 24.3 Å². The quantitative estimate of drug-likeness (QED) is 0.462. The van der Waals surface area contributed by atoms with Crippen molar-refractivity contribution in [3.8, 4) is 0 Å². The lowest BCUT2D eigenvalue weighted by atomic mass is 9.46. The Morgan fingerprint density at radius 1 is 1.38 bits per heavy atom. The van der Waals surface area contributed by atoms with Gasteiger partial charge in [0, 0.05) is 6.08 Å². The third kappa shape index (κ3) is 3.61. The molecule has 0 spiro atoms. The second-order valence-electron chi connectivity index (χ2n) is 8.83. The molecule has 2 fully saturated rings. The van der Waals surface area contributed by atoms with Gasteiger partial charge in [-0.15, -0.1) is 0 Å². The summed E-state index contributed by atoms with van der Waals surface area (Å²) in [5.41, 5.74) is 2.50. The maximum Gasteiger partial charge on any atom is 0.330 e. The topological polar surface area (TPSA) is 46.5 Å². The summed E-state index contributed by atoms with van der Waals surface area (Å²) in [5, 5.41) is 10.6. The molecule has 2 saturated carbocycles. The number of hydrogen-bond acceptors (Lipinski definition) is 3. The number of rotatable bonds is 4. The van der Waals surface area contributed by atoms with E-state index in [1.807, 2.05) is 6.92 Å². The van der Waals surface area contributed by atoms with Crippen LogP contribution in [0.25, 0.3) is 0 Å². The van der Waals surface area contributed by atoms with Gasteiger partial charge in [0.25, 0.3) is 0 Å². The van der Waals surface area contributed by atoms with Crippen LogP contribution in [0.4, 0.5) is 0 Å². The molecule has 0 unspecified atom stereocenters. The van der Waals surface area contributed by atoms with E-state index >= 15 is 0 Å². The van der Waals surface area contributed by atoms with E-state index in [-0.39, 0.29) is 16.8 Å². The van der Waals surface area contributed by atoms with Crippen molar-refractivity contribution in [1.29, 1.82) is 0 Å². The first kappa shape index (κ1) is 19.2. The number of ether oxygens (including phenoxy) is 1. The second kappa shape index (κ2) is 7.03. The van der Waals surface area contributed by atoms with Crippen LogP contribution < -0.4 is 0 Å². The summed E-state index contributed by atoms with van der Waals surface area (Å²) >= 11 is 0. The highest BCUT2D eigenvalue weighted by Gasteiger charge is 2.54. The molecule has 0 bridgehead atoms. The minimum atomic E-state index is -0.393. The number of aliphatic hydroxyl groups excluding tert-OH is 1. The maximum absolute atomic E-state index is 11.4. The Bertz CT molecular complexity index is 531. The summed E-state index contributed by atoms with van der Waals surface area (Å²) in [5.74, 6) is 0.541. The number of esters is 1. The molecule has 0 amide bonds. The molecule has 0 aromatic rings. The molecule has 136 valence electrons. The minimum absolute atomic E-state index is 0.198. The predicted molar refractivity (Wildman–Crippen MR) is 97.5 cm³/mol. The molecule has 1 N–H and O–H groups in total. The van der Waals surface area contributed by atoms with E-state index in [1.165, 1.54) is 26.4 Å². The average Bonchev–Trinajstić information content (AvgIpc) is 2.49. The monoisotopic (exact) mass is 334 g/mol. The molecule has 0 radical (unpaired) electrons. The highest BCUT2D eigenvalue weighted by molar-refractivity contribution is 5.82. The van der Waals surface area contributed by atoms with Gasteiger partial charge in [0.2, 0.25) is 0 Å². The summed E-state index contributed by atoms with van der Waals surface area (Å²) in [4.78, 5) is 11.4. The minimum Gasteiger partial charge on any atom is -0.466 e. The number of methoxy groups -OCH3 is 1. The van der Waals surface area contributed by atoms with Gasteiger partial charge in [-0.1, -0.05) is 39.3 Å². The van der Waals surface area contributed by atoms with E-state index in [0.717, 1.165) is 30.4 Å². The van der Waals surface area contributed by atoms with Crippen LogP contribution in [0.3, 0.4) is 0 Å². The fourth-order valence-corrected chi connectivity index (χ4v) is 5.42. The molecule has 4 atom stereocenters. The van der Waals surface area contributed by atoms with Crippen molar-refractivity contribution in [3.63, 3.8) is 0 Å². The Kier molecular flexibility index (Phi) is 5.64. The zero-order valence-corrected chi connectivity index (χ0v) is 16.0. The van der Waals surface area contributed by atoms with Gasteiger partial charge >= 0.3 is 5.97 Å². The number of carbonyl (C=O) groups is 1. The molecule has 0 aliphatic heterocycles. The van der Waals surface area contributed by atoms with Gasteiger partial charge in [-0.05, 0) is 67.3 Å². The molecule has 24 heavy (non-hydrogen) atoms. The molecule has 2 aliphatic rings. The molecule has 2 aliphatic carbocycles. The first-order valence-electron chi connectivity index (χ1n) is 9.23. The first-order chi connectivity index (χ1) is 11.1. The van der Waals surface area contributed by atoms with Crippen LogP contribution >= 0.6 is 0 Å². The molecule has 0 aromatic heterocycles. The van der Waals surface area contributed by atoms with E-state index in [4.69, 9.17) is 4.74 Å². The van der Waals surface area contributed by atoms with Gasteiger partial charge in [-0.25, -0.2) is 4.79 Å². The third-order valence-electron chi connectivity index (χ3n) is 6.80. The summed E-state index contributed by atoms with van der Waals surface area (Å²) < 4.78 is 4.71. The fourth-order valence-electron chi connectivity index (χ4n) is 5.42.